The lowest BCUT2D eigenvalue weighted by Gasteiger charge is -2.16. The van der Waals surface area contributed by atoms with Crippen LogP contribution in [0.3, 0.4) is 0 Å². The molecular weight excluding hydrogens is 294 g/mol. The minimum absolute atomic E-state index is 0.0115. The Hall–Kier alpha value is -2.37. The molecule has 1 aromatic rings. The molecule has 0 radical (unpaired) electrons. The van der Waals surface area contributed by atoms with E-state index in [0.29, 0.717) is 0 Å². The average molecular weight is 317 g/mol. The molecule has 0 aromatic heterocycles. The van der Waals surface area contributed by atoms with Gasteiger partial charge in [-0.15, -0.1) is 0 Å². The summed E-state index contributed by atoms with van der Waals surface area (Å²) >= 11 is 0. The highest BCUT2D eigenvalue weighted by Gasteiger charge is 2.40. The molecule has 1 heterocycles. The first-order chi connectivity index (χ1) is 10.8. The second-order valence-electron chi connectivity index (χ2n) is 6.11. The molecule has 4 amide bonds. The summed E-state index contributed by atoms with van der Waals surface area (Å²) in [6.45, 7) is 7.36. The number of anilines is 1. The van der Waals surface area contributed by atoms with E-state index in [1.54, 1.807) is 0 Å². The van der Waals surface area contributed by atoms with Crippen LogP contribution >= 0.6 is 0 Å². The van der Waals surface area contributed by atoms with E-state index in [0.717, 1.165) is 28.1 Å². The van der Waals surface area contributed by atoms with Crippen LogP contribution in [0.15, 0.2) is 18.2 Å². The van der Waals surface area contributed by atoms with Crippen molar-refractivity contribution in [3.05, 3.63) is 29.3 Å². The third-order valence-corrected chi connectivity index (χ3v) is 4.03. The molecule has 2 rings (SSSR count). The van der Waals surface area contributed by atoms with Gasteiger partial charge in [0.15, 0.2) is 0 Å². The number of urea groups is 1. The maximum absolute atomic E-state index is 12.3. The Bertz CT molecular complexity index is 640. The predicted molar refractivity (Wildman–Crippen MR) is 88.1 cm³/mol. The monoisotopic (exact) mass is 317 g/mol. The molecule has 1 aromatic carbocycles. The first-order valence-corrected chi connectivity index (χ1v) is 7.85. The van der Waals surface area contributed by atoms with Gasteiger partial charge in [-0.2, -0.15) is 0 Å². The zero-order valence-electron chi connectivity index (χ0n) is 14.0. The molecule has 0 saturated carbocycles. The number of imide groups is 1. The number of amides is 4. The molecule has 0 aliphatic carbocycles. The topological polar surface area (TPSA) is 78.5 Å². The molecule has 6 nitrogen and oxygen atoms in total. The van der Waals surface area contributed by atoms with Gasteiger partial charge in [-0.1, -0.05) is 39.0 Å². The van der Waals surface area contributed by atoms with Crippen LogP contribution in [-0.2, 0) is 16.0 Å². The van der Waals surface area contributed by atoms with E-state index < -0.39 is 12.1 Å². The number of nitrogens with zero attached hydrogens (tertiary/aromatic N) is 1. The lowest BCUT2D eigenvalue weighted by Crippen LogP contribution is -2.39. The summed E-state index contributed by atoms with van der Waals surface area (Å²) < 4.78 is 0. The molecule has 23 heavy (non-hydrogen) atoms. The summed E-state index contributed by atoms with van der Waals surface area (Å²) in [6.07, 6.45) is 0.788. The zero-order valence-corrected chi connectivity index (χ0v) is 14.0. The van der Waals surface area contributed by atoms with E-state index in [4.69, 9.17) is 0 Å². The van der Waals surface area contributed by atoms with Gasteiger partial charge in [0, 0.05) is 5.69 Å². The van der Waals surface area contributed by atoms with Crippen LogP contribution in [0, 0.1) is 12.8 Å². The van der Waals surface area contributed by atoms with E-state index in [2.05, 4.69) is 10.6 Å². The van der Waals surface area contributed by atoms with Gasteiger partial charge >= 0.3 is 6.03 Å². The van der Waals surface area contributed by atoms with E-state index in [-0.39, 0.29) is 24.3 Å². The summed E-state index contributed by atoms with van der Waals surface area (Å²) in [5.74, 6) is -0.731. The van der Waals surface area contributed by atoms with Crippen molar-refractivity contribution in [1.29, 1.82) is 0 Å². The summed E-state index contributed by atoms with van der Waals surface area (Å²) in [7, 11) is 0. The van der Waals surface area contributed by atoms with Crippen molar-refractivity contribution in [3.63, 3.8) is 0 Å². The van der Waals surface area contributed by atoms with Gasteiger partial charge < -0.3 is 10.6 Å². The third-order valence-electron chi connectivity index (χ3n) is 4.03. The van der Waals surface area contributed by atoms with Gasteiger partial charge in [0.1, 0.15) is 12.6 Å². The fourth-order valence-corrected chi connectivity index (χ4v) is 2.67. The maximum atomic E-state index is 12.3. The highest BCUT2D eigenvalue weighted by molar-refractivity contribution is 6.08. The van der Waals surface area contributed by atoms with Gasteiger partial charge in [0.2, 0.25) is 5.91 Å². The molecule has 0 bridgehead atoms. The molecular formula is C17H23N3O3. The van der Waals surface area contributed by atoms with Gasteiger partial charge in [0.25, 0.3) is 5.91 Å². The second kappa shape index (κ2) is 6.81. The third kappa shape index (κ3) is 3.52. The molecule has 0 unspecified atom stereocenters. The van der Waals surface area contributed by atoms with Crippen LogP contribution in [0.25, 0.3) is 0 Å². The van der Waals surface area contributed by atoms with Gasteiger partial charge in [-0.05, 0) is 30.4 Å². The number of aryl methyl sites for hydroxylation is 2. The van der Waals surface area contributed by atoms with Crippen LogP contribution in [0.2, 0.25) is 0 Å². The molecule has 124 valence electrons. The maximum Gasteiger partial charge on any atom is 0.325 e. The number of nitrogens with one attached hydrogen (secondary N) is 2. The molecule has 1 aliphatic rings. The van der Waals surface area contributed by atoms with Gasteiger partial charge in [-0.3, -0.25) is 14.5 Å². The van der Waals surface area contributed by atoms with Crippen molar-refractivity contribution in [2.24, 2.45) is 5.92 Å². The lowest BCUT2D eigenvalue weighted by molar-refractivity contribution is -0.131. The van der Waals surface area contributed by atoms with E-state index >= 15 is 0 Å². The Balaban J connectivity index is 2.09. The summed E-state index contributed by atoms with van der Waals surface area (Å²) in [5, 5.41) is 5.44. The van der Waals surface area contributed by atoms with Crippen molar-refractivity contribution in [2.75, 3.05) is 11.9 Å². The van der Waals surface area contributed by atoms with Crippen molar-refractivity contribution in [3.8, 4) is 0 Å². The molecule has 1 saturated heterocycles. The van der Waals surface area contributed by atoms with Crippen LogP contribution in [-0.4, -0.2) is 35.3 Å². The Morgan fingerprint density at radius 3 is 2.61 bits per heavy atom. The summed E-state index contributed by atoms with van der Waals surface area (Å²) in [5.41, 5.74) is 2.73. The normalized spacial score (nSPS) is 17.6. The van der Waals surface area contributed by atoms with Gasteiger partial charge in [0.05, 0.1) is 0 Å². The zero-order chi connectivity index (χ0) is 17.1. The molecule has 1 atom stereocenters. The van der Waals surface area contributed by atoms with Crippen LogP contribution in [0.1, 0.15) is 31.9 Å². The lowest BCUT2D eigenvalue weighted by atomic mass is 10.0. The van der Waals surface area contributed by atoms with Gasteiger partial charge in [-0.25, -0.2) is 4.79 Å². The molecule has 6 heteroatoms. The van der Waals surface area contributed by atoms with E-state index in [9.17, 15) is 14.4 Å². The SMILES string of the molecule is CCc1cccc(C)c1NC(=O)CN1C(=O)N[C@H](C(C)C)C1=O. The highest BCUT2D eigenvalue weighted by Crippen LogP contribution is 2.21. The second-order valence-corrected chi connectivity index (χ2v) is 6.11. The highest BCUT2D eigenvalue weighted by atomic mass is 16.2. The first kappa shape index (κ1) is 17.0. The quantitative estimate of drug-likeness (QED) is 0.816. The number of hydrogen-bond donors (Lipinski definition) is 2. The van der Waals surface area contributed by atoms with Crippen molar-refractivity contribution < 1.29 is 14.4 Å². The number of para-hydroxylation sites is 1. The fraction of sp³-hybridized carbons (Fsp3) is 0.471. The largest absolute Gasteiger partial charge is 0.326 e. The minimum atomic E-state index is -0.556. The average Bonchev–Trinajstić information content (AvgIpc) is 2.77. The Morgan fingerprint density at radius 2 is 2.04 bits per heavy atom. The number of benzene rings is 1. The van der Waals surface area contributed by atoms with Crippen LogP contribution < -0.4 is 10.6 Å². The van der Waals surface area contributed by atoms with Crippen LogP contribution in [0.5, 0.6) is 0 Å². The Kier molecular flexibility index (Phi) is 5.03. The Labute approximate surface area is 136 Å². The first-order valence-electron chi connectivity index (χ1n) is 7.85. The number of carbonyl (C=O) groups excluding carboxylic acids is 3. The number of rotatable bonds is 5. The molecule has 2 N–H and O–H groups in total. The standard InChI is InChI=1S/C17H23N3O3/c1-5-12-8-6-7-11(4)15(12)18-13(21)9-20-16(22)14(10(2)3)19-17(20)23/h6-8,10,14H,5,9H2,1-4H3,(H,18,21)(H,19,23)/t14-/m1/s1. The van der Waals surface area contributed by atoms with E-state index in [1.807, 2.05) is 45.9 Å². The summed E-state index contributed by atoms with van der Waals surface area (Å²) in [6, 6.07) is 4.74. The van der Waals surface area contributed by atoms with Crippen LogP contribution in [0.4, 0.5) is 10.5 Å². The fourth-order valence-electron chi connectivity index (χ4n) is 2.67. The van der Waals surface area contributed by atoms with Crippen molar-refractivity contribution in [1.82, 2.24) is 10.2 Å². The molecule has 1 aliphatic heterocycles. The number of hydrogen-bond acceptors (Lipinski definition) is 3. The van der Waals surface area contributed by atoms with Crippen molar-refractivity contribution >= 4 is 23.5 Å². The molecule has 0 spiro atoms. The summed E-state index contributed by atoms with van der Waals surface area (Å²) in [4.78, 5) is 37.3. The smallest absolute Gasteiger partial charge is 0.325 e. The Morgan fingerprint density at radius 1 is 1.35 bits per heavy atom. The number of carbonyl (C=O) groups is 3. The van der Waals surface area contributed by atoms with Crippen molar-refractivity contribution in [2.45, 2.75) is 40.2 Å². The predicted octanol–water partition coefficient (Wildman–Crippen LogP) is 2.07. The van der Waals surface area contributed by atoms with E-state index in [1.165, 1.54) is 0 Å². The molecule has 1 fully saturated rings. The minimum Gasteiger partial charge on any atom is -0.326 e.